The van der Waals surface area contributed by atoms with Gasteiger partial charge in [-0.25, -0.2) is 0 Å². The van der Waals surface area contributed by atoms with E-state index in [1.54, 1.807) is 36.3 Å². The van der Waals surface area contributed by atoms with Gasteiger partial charge in [-0.2, -0.15) is 0 Å². The third kappa shape index (κ3) is 3.79. The van der Waals surface area contributed by atoms with E-state index in [-0.39, 0.29) is 11.3 Å². The number of benzene rings is 2. The van der Waals surface area contributed by atoms with Crippen LogP contribution in [0.3, 0.4) is 0 Å². The number of amides is 1. The number of carbonyl (C=O) groups is 2. The molecule has 0 bridgehead atoms. The average Bonchev–Trinajstić information content (AvgIpc) is 2.99. The van der Waals surface area contributed by atoms with Gasteiger partial charge in [0.25, 0.3) is 11.7 Å². The predicted molar refractivity (Wildman–Crippen MR) is 108 cm³/mol. The van der Waals surface area contributed by atoms with Crippen LogP contribution in [0.4, 0.5) is 0 Å². The Kier molecular flexibility index (Phi) is 6.14. The van der Waals surface area contributed by atoms with E-state index in [1.165, 1.54) is 0 Å². The number of methoxy groups -OCH3 is 1. The van der Waals surface area contributed by atoms with Crippen LogP contribution >= 0.6 is 0 Å². The highest BCUT2D eigenvalue weighted by molar-refractivity contribution is 6.46. The van der Waals surface area contributed by atoms with Gasteiger partial charge < -0.3 is 14.7 Å². The first-order valence-electron chi connectivity index (χ1n) is 9.56. The summed E-state index contributed by atoms with van der Waals surface area (Å²) in [5, 5.41) is 10.9. The van der Waals surface area contributed by atoms with Gasteiger partial charge in [-0.15, -0.1) is 0 Å². The van der Waals surface area contributed by atoms with Crippen molar-refractivity contribution in [1.29, 1.82) is 0 Å². The quantitative estimate of drug-likeness (QED) is 0.337. The average molecular weight is 379 g/mol. The lowest BCUT2D eigenvalue weighted by Crippen LogP contribution is -2.30. The fourth-order valence-electron chi connectivity index (χ4n) is 3.53. The van der Waals surface area contributed by atoms with E-state index in [2.05, 4.69) is 6.92 Å². The summed E-state index contributed by atoms with van der Waals surface area (Å²) < 4.78 is 5.15. The van der Waals surface area contributed by atoms with Gasteiger partial charge in [0.1, 0.15) is 11.5 Å². The summed E-state index contributed by atoms with van der Waals surface area (Å²) in [6, 6.07) is 15.6. The molecule has 5 heteroatoms. The molecule has 0 aliphatic carbocycles. The van der Waals surface area contributed by atoms with Gasteiger partial charge in [0.15, 0.2) is 0 Å². The van der Waals surface area contributed by atoms with E-state index in [9.17, 15) is 14.7 Å². The molecule has 1 saturated heterocycles. The molecule has 1 fully saturated rings. The van der Waals surface area contributed by atoms with Crippen molar-refractivity contribution < 1.29 is 19.4 Å². The topological polar surface area (TPSA) is 66.8 Å². The Morgan fingerprint density at radius 3 is 2.32 bits per heavy atom. The van der Waals surface area contributed by atoms with Gasteiger partial charge in [0.2, 0.25) is 0 Å². The molecule has 0 aromatic heterocycles. The first-order chi connectivity index (χ1) is 13.6. The monoisotopic (exact) mass is 379 g/mol. The van der Waals surface area contributed by atoms with Crippen molar-refractivity contribution in [2.24, 2.45) is 0 Å². The van der Waals surface area contributed by atoms with Crippen LogP contribution in [0.2, 0.25) is 0 Å². The Labute approximate surface area is 165 Å². The second-order valence-corrected chi connectivity index (χ2v) is 6.84. The molecule has 2 aromatic carbocycles. The van der Waals surface area contributed by atoms with Gasteiger partial charge in [-0.3, -0.25) is 9.59 Å². The van der Waals surface area contributed by atoms with Crippen LogP contribution in [-0.4, -0.2) is 35.4 Å². The number of nitrogens with zero attached hydrogens (tertiary/aromatic N) is 1. The summed E-state index contributed by atoms with van der Waals surface area (Å²) in [5.41, 5.74) is 1.43. The SMILES string of the molecule is CCCCCN1C(=O)C(=O)/C(=C(\O)c2ccc(OC)cc2)C1c1ccccc1. The standard InChI is InChI=1S/C23H25NO4/c1-3-4-8-15-24-20(16-9-6-5-7-10-16)19(22(26)23(24)27)21(25)17-11-13-18(28-2)14-12-17/h5-7,9-14,20,25H,3-4,8,15H2,1-2H3/b21-19-. The number of Topliss-reactive ketones (excluding diaryl/α,β-unsaturated/α-hetero) is 1. The number of hydrogen-bond acceptors (Lipinski definition) is 4. The first kappa shape index (κ1) is 19.7. The zero-order chi connectivity index (χ0) is 20.1. The van der Waals surface area contributed by atoms with E-state index in [0.717, 1.165) is 24.8 Å². The number of rotatable bonds is 7. The van der Waals surface area contributed by atoms with E-state index in [1.807, 2.05) is 30.3 Å². The predicted octanol–water partition coefficient (Wildman–Crippen LogP) is 4.31. The molecule has 28 heavy (non-hydrogen) atoms. The highest BCUT2D eigenvalue weighted by Gasteiger charge is 2.45. The summed E-state index contributed by atoms with van der Waals surface area (Å²) >= 11 is 0. The second-order valence-electron chi connectivity index (χ2n) is 6.84. The molecule has 1 unspecified atom stereocenters. The van der Waals surface area contributed by atoms with Crippen LogP contribution in [0, 0.1) is 0 Å². The lowest BCUT2D eigenvalue weighted by molar-refractivity contribution is -0.139. The Hall–Kier alpha value is -3.08. The number of ketones is 1. The molecule has 5 nitrogen and oxygen atoms in total. The number of carbonyl (C=O) groups excluding carboxylic acids is 2. The number of aliphatic hydroxyl groups is 1. The Morgan fingerprint density at radius 1 is 1.04 bits per heavy atom. The van der Waals surface area contributed by atoms with Crippen LogP contribution in [0.1, 0.15) is 43.4 Å². The Bertz CT molecular complexity index is 871. The van der Waals surface area contributed by atoms with Crippen molar-refractivity contribution in [2.75, 3.05) is 13.7 Å². The maximum Gasteiger partial charge on any atom is 0.295 e. The van der Waals surface area contributed by atoms with Gasteiger partial charge in [-0.1, -0.05) is 50.1 Å². The van der Waals surface area contributed by atoms with E-state index < -0.39 is 17.7 Å². The van der Waals surface area contributed by atoms with Crippen molar-refractivity contribution >= 4 is 17.4 Å². The maximum atomic E-state index is 12.8. The highest BCUT2D eigenvalue weighted by atomic mass is 16.5. The zero-order valence-corrected chi connectivity index (χ0v) is 16.2. The molecule has 146 valence electrons. The highest BCUT2D eigenvalue weighted by Crippen LogP contribution is 2.39. The molecular formula is C23H25NO4. The van der Waals surface area contributed by atoms with Crippen LogP contribution < -0.4 is 4.74 Å². The largest absolute Gasteiger partial charge is 0.507 e. The summed E-state index contributed by atoms with van der Waals surface area (Å²) in [7, 11) is 1.56. The van der Waals surface area contributed by atoms with E-state index in [0.29, 0.717) is 17.9 Å². The lowest BCUT2D eigenvalue weighted by Gasteiger charge is -2.25. The number of aliphatic hydroxyl groups excluding tert-OH is 1. The van der Waals surface area contributed by atoms with Gasteiger partial charge in [-0.05, 0) is 36.2 Å². The smallest absolute Gasteiger partial charge is 0.295 e. The molecular weight excluding hydrogens is 354 g/mol. The van der Waals surface area contributed by atoms with Gasteiger partial charge in [0.05, 0.1) is 18.7 Å². The molecule has 3 rings (SSSR count). The Balaban J connectivity index is 2.07. The number of hydrogen-bond donors (Lipinski definition) is 1. The summed E-state index contributed by atoms with van der Waals surface area (Å²) in [5.74, 6) is -0.706. The molecule has 1 aliphatic heterocycles. The fraction of sp³-hybridized carbons (Fsp3) is 0.304. The third-order valence-corrected chi connectivity index (χ3v) is 5.02. The van der Waals surface area contributed by atoms with Crippen LogP contribution in [-0.2, 0) is 9.59 Å². The molecule has 1 N–H and O–H groups in total. The molecule has 2 aromatic rings. The van der Waals surface area contributed by atoms with Crippen molar-refractivity contribution in [3.05, 3.63) is 71.3 Å². The molecule has 1 atom stereocenters. The fourth-order valence-corrected chi connectivity index (χ4v) is 3.53. The summed E-state index contributed by atoms with van der Waals surface area (Å²) in [4.78, 5) is 27.2. The summed E-state index contributed by atoms with van der Waals surface area (Å²) in [6.45, 7) is 2.57. The van der Waals surface area contributed by atoms with E-state index >= 15 is 0 Å². The zero-order valence-electron chi connectivity index (χ0n) is 16.2. The molecule has 1 heterocycles. The third-order valence-electron chi connectivity index (χ3n) is 5.02. The van der Waals surface area contributed by atoms with Crippen LogP contribution in [0.15, 0.2) is 60.2 Å². The molecule has 1 amide bonds. The second kappa shape index (κ2) is 8.74. The van der Waals surface area contributed by atoms with Crippen molar-refractivity contribution in [3.8, 4) is 5.75 Å². The molecule has 0 spiro atoms. The van der Waals surface area contributed by atoms with Gasteiger partial charge in [0, 0.05) is 12.1 Å². The Morgan fingerprint density at radius 2 is 1.71 bits per heavy atom. The number of ether oxygens (including phenoxy) is 1. The van der Waals surface area contributed by atoms with Crippen molar-refractivity contribution in [1.82, 2.24) is 4.90 Å². The number of unbranched alkanes of at least 4 members (excludes halogenated alkanes) is 2. The van der Waals surface area contributed by atoms with Crippen molar-refractivity contribution in [2.45, 2.75) is 32.2 Å². The maximum absolute atomic E-state index is 12.8. The molecule has 0 radical (unpaired) electrons. The first-order valence-corrected chi connectivity index (χ1v) is 9.56. The molecule has 1 aliphatic rings. The normalized spacial score (nSPS) is 18.5. The summed E-state index contributed by atoms with van der Waals surface area (Å²) in [6.07, 6.45) is 2.81. The van der Waals surface area contributed by atoms with Crippen LogP contribution in [0.5, 0.6) is 5.75 Å². The minimum Gasteiger partial charge on any atom is -0.507 e. The minimum absolute atomic E-state index is 0.137. The van der Waals surface area contributed by atoms with Crippen LogP contribution in [0.25, 0.3) is 5.76 Å². The minimum atomic E-state index is -0.640. The number of likely N-dealkylation sites (tertiary alicyclic amines) is 1. The van der Waals surface area contributed by atoms with E-state index in [4.69, 9.17) is 4.74 Å². The lowest BCUT2D eigenvalue weighted by atomic mass is 9.95. The molecule has 0 saturated carbocycles. The van der Waals surface area contributed by atoms with Crippen molar-refractivity contribution in [3.63, 3.8) is 0 Å². The van der Waals surface area contributed by atoms with Gasteiger partial charge >= 0.3 is 0 Å².